The van der Waals surface area contributed by atoms with Gasteiger partial charge in [0.1, 0.15) is 0 Å². The van der Waals surface area contributed by atoms with Crippen LogP contribution in [0.3, 0.4) is 0 Å². The number of carbonyl (C=O) groups excluding carboxylic acids is 1. The topological polar surface area (TPSA) is 70.2 Å². The van der Waals surface area contributed by atoms with E-state index in [1.165, 1.54) is 10.4 Å². The first kappa shape index (κ1) is 24.2. The lowest BCUT2D eigenvalue weighted by Crippen LogP contribution is -2.38. The van der Waals surface area contributed by atoms with E-state index in [4.69, 9.17) is 4.74 Å². The summed E-state index contributed by atoms with van der Waals surface area (Å²) in [7, 11) is -1.98. The number of fused-ring (bicyclic) bond motifs is 1. The van der Waals surface area contributed by atoms with Crippen LogP contribution < -0.4 is 9.80 Å². The van der Waals surface area contributed by atoms with E-state index in [1.54, 1.807) is 24.1 Å². The molecule has 0 bridgehead atoms. The molecule has 0 aromatic heterocycles. The Morgan fingerprint density at radius 2 is 1.62 bits per heavy atom. The zero-order valence-electron chi connectivity index (χ0n) is 19.9. The molecule has 0 unspecified atom stereocenters. The largest absolute Gasteiger partial charge is 0.378 e. The highest BCUT2D eigenvalue weighted by molar-refractivity contribution is 7.89. The molecular formula is C26H31N3O4S. The van der Waals surface area contributed by atoms with Crippen molar-refractivity contribution >= 4 is 38.1 Å². The van der Waals surface area contributed by atoms with Crippen molar-refractivity contribution in [2.75, 3.05) is 56.2 Å². The molecule has 1 saturated heterocycles. The molecule has 1 aliphatic rings. The van der Waals surface area contributed by atoms with Gasteiger partial charge in [-0.25, -0.2) is 8.42 Å². The lowest BCUT2D eigenvalue weighted by atomic mass is 10.1. The molecule has 0 N–H and O–H groups in total. The fourth-order valence-electron chi connectivity index (χ4n) is 4.32. The van der Waals surface area contributed by atoms with Gasteiger partial charge in [-0.05, 0) is 41.1 Å². The Labute approximate surface area is 201 Å². The van der Waals surface area contributed by atoms with E-state index in [2.05, 4.69) is 4.90 Å². The molecule has 0 spiro atoms. The number of morpholine rings is 1. The summed E-state index contributed by atoms with van der Waals surface area (Å²) < 4.78 is 33.3. The van der Waals surface area contributed by atoms with Crippen LogP contribution in [-0.2, 0) is 14.8 Å². The maximum atomic E-state index is 13.8. The Balaban J connectivity index is 1.78. The first-order chi connectivity index (χ1) is 16.4. The van der Waals surface area contributed by atoms with E-state index in [0.717, 1.165) is 22.1 Å². The van der Waals surface area contributed by atoms with Crippen LogP contribution in [0.5, 0.6) is 0 Å². The molecule has 0 saturated carbocycles. The minimum absolute atomic E-state index is 0.128. The molecule has 1 aliphatic heterocycles. The minimum atomic E-state index is -3.70. The molecule has 1 fully saturated rings. The number of benzene rings is 3. The lowest BCUT2D eigenvalue weighted by molar-refractivity contribution is 0.0991. The van der Waals surface area contributed by atoms with Crippen LogP contribution in [0.2, 0.25) is 0 Å². The van der Waals surface area contributed by atoms with E-state index in [-0.39, 0.29) is 10.8 Å². The van der Waals surface area contributed by atoms with Crippen LogP contribution in [-0.4, -0.2) is 65.1 Å². The van der Waals surface area contributed by atoms with Crippen molar-refractivity contribution < 1.29 is 17.9 Å². The van der Waals surface area contributed by atoms with Gasteiger partial charge in [-0.2, -0.15) is 4.31 Å². The average molecular weight is 482 g/mol. The van der Waals surface area contributed by atoms with Crippen LogP contribution in [0.4, 0.5) is 11.4 Å². The summed E-state index contributed by atoms with van der Waals surface area (Å²) in [6.45, 7) is 6.76. The van der Waals surface area contributed by atoms with Gasteiger partial charge >= 0.3 is 0 Å². The molecule has 4 rings (SSSR count). The number of hydrogen-bond acceptors (Lipinski definition) is 5. The third-order valence-corrected chi connectivity index (χ3v) is 8.36. The number of ether oxygens (including phenoxy) is 1. The van der Waals surface area contributed by atoms with Crippen molar-refractivity contribution in [3.63, 3.8) is 0 Å². The Kier molecular flexibility index (Phi) is 7.21. The second kappa shape index (κ2) is 10.1. The van der Waals surface area contributed by atoms with Gasteiger partial charge in [0.05, 0.1) is 23.7 Å². The van der Waals surface area contributed by atoms with Gasteiger partial charge in [-0.3, -0.25) is 4.79 Å². The van der Waals surface area contributed by atoms with Gasteiger partial charge in [0.15, 0.2) is 0 Å². The van der Waals surface area contributed by atoms with Crippen LogP contribution in [0.25, 0.3) is 10.8 Å². The molecule has 0 aliphatic carbocycles. The summed E-state index contributed by atoms with van der Waals surface area (Å²) in [5.74, 6) is -0.256. The maximum absolute atomic E-state index is 13.8. The third kappa shape index (κ3) is 4.66. The van der Waals surface area contributed by atoms with Crippen LogP contribution in [0, 0.1) is 0 Å². The van der Waals surface area contributed by atoms with E-state index in [9.17, 15) is 13.2 Å². The number of rotatable bonds is 7. The molecule has 0 radical (unpaired) electrons. The first-order valence-electron chi connectivity index (χ1n) is 11.6. The van der Waals surface area contributed by atoms with Crippen molar-refractivity contribution in [2.45, 2.75) is 18.7 Å². The predicted molar refractivity (Wildman–Crippen MR) is 136 cm³/mol. The van der Waals surface area contributed by atoms with Crippen LogP contribution in [0.15, 0.2) is 65.6 Å². The average Bonchev–Trinajstić information content (AvgIpc) is 2.88. The normalized spacial score (nSPS) is 14.5. The Bertz CT molecular complexity index is 1280. The summed E-state index contributed by atoms with van der Waals surface area (Å²) in [5, 5.41) is 2.12. The molecule has 8 heteroatoms. The molecule has 3 aromatic carbocycles. The van der Waals surface area contributed by atoms with E-state index in [1.807, 2.05) is 56.3 Å². The van der Waals surface area contributed by atoms with Crippen LogP contribution >= 0.6 is 0 Å². The zero-order chi connectivity index (χ0) is 24.3. The predicted octanol–water partition coefficient (Wildman–Crippen LogP) is 3.98. The summed E-state index contributed by atoms with van der Waals surface area (Å²) in [6, 6.07) is 18.7. The van der Waals surface area contributed by atoms with E-state index < -0.39 is 10.0 Å². The molecule has 0 atom stereocenters. The van der Waals surface area contributed by atoms with Gasteiger partial charge in [0.2, 0.25) is 10.0 Å². The number of anilines is 2. The van der Waals surface area contributed by atoms with Gasteiger partial charge in [-0.15, -0.1) is 0 Å². The number of hydrogen-bond donors (Lipinski definition) is 0. The molecule has 1 heterocycles. The summed E-state index contributed by atoms with van der Waals surface area (Å²) in [4.78, 5) is 17.6. The minimum Gasteiger partial charge on any atom is -0.378 e. The summed E-state index contributed by atoms with van der Waals surface area (Å²) in [5.41, 5.74) is 1.83. The highest BCUT2D eigenvalue weighted by Gasteiger charge is 2.27. The van der Waals surface area contributed by atoms with E-state index >= 15 is 0 Å². The zero-order valence-corrected chi connectivity index (χ0v) is 20.7. The molecule has 34 heavy (non-hydrogen) atoms. The summed E-state index contributed by atoms with van der Waals surface area (Å²) >= 11 is 0. The van der Waals surface area contributed by atoms with Crippen LogP contribution in [0.1, 0.15) is 24.2 Å². The summed E-state index contributed by atoms with van der Waals surface area (Å²) in [6.07, 6.45) is 0. The second-order valence-corrected chi connectivity index (χ2v) is 10.2. The van der Waals surface area contributed by atoms with Gasteiger partial charge < -0.3 is 14.5 Å². The third-order valence-electron chi connectivity index (χ3n) is 6.32. The van der Waals surface area contributed by atoms with Gasteiger partial charge in [0, 0.05) is 44.6 Å². The van der Waals surface area contributed by atoms with Crippen molar-refractivity contribution in [1.82, 2.24) is 4.31 Å². The first-order valence-corrected chi connectivity index (χ1v) is 13.0. The lowest BCUT2D eigenvalue weighted by Gasteiger charge is -2.31. The highest BCUT2D eigenvalue weighted by Crippen LogP contribution is 2.30. The smallest absolute Gasteiger partial charge is 0.260 e. The number of carbonyl (C=O) groups is 1. The van der Waals surface area contributed by atoms with Crippen molar-refractivity contribution in [2.24, 2.45) is 0 Å². The molecule has 7 nitrogen and oxygen atoms in total. The monoisotopic (exact) mass is 481 g/mol. The Morgan fingerprint density at radius 3 is 2.29 bits per heavy atom. The maximum Gasteiger partial charge on any atom is 0.260 e. The highest BCUT2D eigenvalue weighted by atomic mass is 32.2. The molecular weight excluding hydrogens is 450 g/mol. The van der Waals surface area contributed by atoms with Crippen molar-refractivity contribution in [3.05, 3.63) is 66.2 Å². The van der Waals surface area contributed by atoms with Crippen molar-refractivity contribution in [3.8, 4) is 0 Å². The number of nitrogens with zero attached hydrogens (tertiary/aromatic N) is 3. The molecule has 180 valence electrons. The van der Waals surface area contributed by atoms with E-state index in [0.29, 0.717) is 45.0 Å². The van der Waals surface area contributed by atoms with Crippen molar-refractivity contribution in [1.29, 1.82) is 0 Å². The van der Waals surface area contributed by atoms with Gasteiger partial charge in [0.25, 0.3) is 5.91 Å². The fourth-order valence-corrected chi connectivity index (χ4v) is 5.81. The number of sulfonamides is 1. The Hall–Kier alpha value is -2.94. The Morgan fingerprint density at radius 1 is 0.941 bits per heavy atom. The molecule has 3 aromatic rings. The quantitative estimate of drug-likeness (QED) is 0.511. The fraction of sp³-hybridized carbons (Fsp3) is 0.346. The van der Waals surface area contributed by atoms with Gasteiger partial charge in [-0.1, -0.05) is 44.2 Å². The SMILES string of the molecule is CCN(CC)S(=O)(=O)c1ccc(N2CCOCC2)c(C(=O)N(C)c2ccc3ccccc3c2)c1. The molecule has 1 amide bonds. The number of amides is 1. The second-order valence-electron chi connectivity index (χ2n) is 8.26. The standard InChI is InChI=1S/C26H31N3O4S/c1-4-29(5-2)34(31,32)23-12-13-25(28-14-16-33-17-15-28)24(19-23)26(30)27(3)22-11-10-20-8-6-7-9-21(20)18-22/h6-13,18-19H,4-5,14-17H2,1-3H3.